The van der Waals surface area contributed by atoms with Crippen LogP contribution in [0.2, 0.25) is 0 Å². The maximum absolute atomic E-state index is 13.9. The van der Waals surface area contributed by atoms with Crippen LogP contribution in [-0.4, -0.2) is 27.8 Å². The highest BCUT2D eigenvalue weighted by atomic mass is 32.1. The van der Waals surface area contributed by atoms with Crippen molar-refractivity contribution >= 4 is 18.1 Å². The molecule has 0 fully saturated rings. The number of aromatic nitrogens is 3. The molecule has 1 heterocycles. The average Bonchev–Trinajstić information content (AvgIpc) is 3.02. The van der Waals surface area contributed by atoms with Crippen molar-refractivity contribution in [3.05, 3.63) is 64.4 Å². The van der Waals surface area contributed by atoms with Crippen LogP contribution in [-0.2, 0) is 11.3 Å². The van der Waals surface area contributed by atoms with E-state index in [0.29, 0.717) is 11.6 Å². The molecule has 6 nitrogen and oxygen atoms in total. The highest BCUT2D eigenvalue weighted by Gasteiger charge is 2.17. The smallest absolute Gasteiger partial charge is 0.240 e. The minimum absolute atomic E-state index is 0.107. The van der Waals surface area contributed by atoms with Gasteiger partial charge < -0.3 is 10.1 Å². The quantitative estimate of drug-likeness (QED) is 0.614. The first-order valence-corrected chi connectivity index (χ1v) is 8.84. The molecule has 9 heteroatoms. The van der Waals surface area contributed by atoms with Crippen LogP contribution in [0.4, 0.5) is 8.78 Å². The predicted octanol–water partition coefficient (Wildman–Crippen LogP) is 3.77. The Morgan fingerprint density at radius 1 is 1.29 bits per heavy atom. The molecular formula is C19H18F2N4O2S. The molecule has 1 aromatic heterocycles. The zero-order valence-electron chi connectivity index (χ0n) is 15.2. The number of carbonyl (C=O) groups is 1. The van der Waals surface area contributed by atoms with Crippen molar-refractivity contribution in [2.75, 3.05) is 7.11 Å². The molecule has 1 amide bonds. The maximum Gasteiger partial charge on any atom is 0.240 e. The third-order valence-electron chi connectivity index (χ3n) is 4.21. The van der Waals surface area contributed by atoms with Gasteiger partial charge in [-0.1, -0.05) is 6.07 Å². The van der Waals surface area contributed by atoms with Crippen LogP contribution in [0.3, 0.4) is 0 Å². The van der Waals surface area contributed by atoms with E-state index < -0.39 is 17.7 Å². The summed E-state index contributed by atoms with van der Waals surface area (Å²) in [4.78, 5) is 12.5. The lowest BCUT2D eigenvalue weighted by Gasteiger charge is -2.16. The van der Waals surface area contributed by atoms with Gasteiger partial charge in [0.15, 0.2) is 10.6 Å². The van der Waals surface area contributed by atoms with Gasteiger partial charge in [0.05, 0.1) is 13.2 Å². The first-order chi connectivity index (χ1) is 13.4. The second-order valence-electron chi connectivity index (χ2n) is 6.12. The molecule has 2 N–H and O–H groups in total. The van der Waals surface area contributed by atoms with Gasteiger partial charge in [0.2, 0.25) is 5.91 Å². The fourth-order valence-corrected chi connectivity index (χ4v) is 2.98. The molecule has 0 radical (unpaired) electrons. The Hall–Kier alpha value is -3.07. The summed E-state index contributed by atoms with van der Waals surface area (Å²) in [5.74, 6) is -0.593. The second-order valence-corrected chi connectivity index (χ2v) is 6.51. The molecule has 0 aliphatic heterocycles. The Kier molecular flexibility index (Phi) is 5.84. The number of halogens is 2. The normalized spacial score (nSPS) is 11.9. The van der Waals surface area contributed by atoms with E-state index in [4.69, 9.17) is 17.0 Å². The molecule has 3 aromatic rings. The number of methoxy groups -OCH3 is 1. The van der Waals surface area contributed by atoms with Gasteiger partial charge in [-0.3, -0.25) is 14.5 Å². The zero-order chi connectivity index (χ0) is 20.3. The second kappa shape index (κ2) is 8.30. The van der Waals surface area contributed by atoms with E-state index in [0.717, 1.165) is 17.7 Å². The van der Waals surface area contributed by atoms with Crippen molar-refractivity contribution < 1.29 is 18.3 Å². The predicted molar refractivity (Wildman–Crippen MR) is 102 cm³/mol. The first-order valence-electron chi connectivity index (χ1n) is 8.43. The van der Waals surface area contributed by atoms with Gasteiger partial charge in [-0.2, -0.15) is 5.10 Å². The van der Waals surface area contributed by atoms with E-state index in [1.54, 1.807) is 42.9 Å². The highest BCUT2D eigenvalue weighted by molar-refractivity contribution is 7.71. The van der Waals surface area contributed by atoms with Crippen LogP contribution in [0, 0.1) is 16.4 Å². The van der Waals surface area contributed by atoms with Crippen molar-refractivity contribution in [2.24, 2.45) is 0 Å². The van der Waals surface area contributed by atoms with Crippen molar-refractivity contribution in [2.45, 2.75) is 19.5 Å². The lowest BCUT2D eigenvalue weighted by atomic mass is 10.1. The number of carbonyl (C=O) groups excluding carboxylic acids is 1. The number of nitrogens with zero attached hydrogens (tertiary/aromatic N) is 2. The number of benzene rings is 2. The SMILES string of the molecule is COc1ccc(-c2n[nH]c(=S)n2CC(=O)N[C@@H](C)c2ccc(F)cc2F)cc1. The fraction of sp³-hybridized carbons (Fsp3) is 0.211. The van der Waals surface area contributed by atoms with Crippen LogP contribution in [0.5, 0.6) is 5.75 Å². The number of aromatic amines is 1. The number of hydrogen-bond donors (Lipinski definition) is 2. The zero-order valence-corrected chi connectivity index (χ0v) is 16.0. The molecule has 0 bridgehead atoms. The number of amides is 1. The molecule has 0 unspecified atom stereocenters. The van der Waals surface area contributed by atoms with Gasteiger partial charge in [-0.05, 0) is 49.5 Å². The van der Waals surface area contributed by atoms with Gasteiger partial charge in [-0.25, -0.2) is 8.78 Å². The lowest BCUT2D eigenvalue weighted by molar-refractivity contribution is -0.122. The molecule has 0 spiro atoms. The standard InChI is InChI=1S/C19H18F2N4O2S/c1-11(15-8-5-13(20)9-16(15)21)22-17(26)10-25-18(23-24-19(25)28)12-3-6-14(27-2)7-4-12/h3-9,11H,10H2,1-2H3,(H,22,26)(H,24,28)/t11-/m0/s1. The number of nitrogens with one attached hydrogen (secondary N) is 2. The van der Waals surface area contributed by atoms with Crippen LogP contribution in [0.25, 0.3) is 11.4 Å². The summed E-state index contributed by atoms with van der Waals surface area (Å²) in [6.45, 7) is 1.51. The van der Waals surface area contributed by atoms with Crippen molar-refractivity contribution in [1.82, 2.24) is 20.1 Å². The maximum atomic E-state index is 13.9. The Bertz CT molecular complexity index is 1050. The van der Waals surface area contributed by atoms with E-state index in [-0.39, 0.29) is 22.8 Å². The minimum Gasteiger partial charge on any atom is -0.497 e. The summed E-state index contributed by atoms with van der Waals surface area (Å²) in [6, 6.07) is 9.75. The van der Waals surface area contributed by atoms with E-state index in [9.17, 15) is 13.6 Å². The Balaban J connectivity index is 1.77. The monoisotopic (exact) mass is 404 g/mol. The molecule has 0 saturated heterocycles. The molecule has 0 aliphatic rings. The Morgan fingerprint density at radius 3 is 2.64 bits per heavy atom. The summed E-state index contributed by atoms with van der Waals surface area (Å²) in [5.41, 5.74) is 0.944. The third-order valence-corrected chi connectivity index (χ3v) is 4.53. The molecule has 146 valence electrons. The Labute approximate surface area is 165 Å². The number of H-pyrrole nitrogens is 1. The molecule has 2 aromatic carbocycles. The van der Waals surface area contributed by atoms with Gasteiger partial charge in [0.25, 0.3) is 0 Å². The summed E-state index contributed by atoms with van der Waals surface area (Å²) in [5, 5.41) is 9.54. The van der Waals surface area contributed by atoms with Crippen LogP contribution in [0.1, 0.15) is 18.5 Å². The van der Waals surface area contributed by atoms with Crippen LogP contribution in [0.15, 0.2) is 42.5 Å². The van der Waals surface area contributed by atoms with E-state index in [2.05, 4.69) is 15.5 Å². The molecule has 3 rings (SSSR count). The van der Waals surface area contributed by atoms with Gasteiger partial charge in [0, 0.05) is 17.2 Å². The highest BCUT2D eigenvalue weighted by Crippen LogP contribution is 2.21. The van der Waals surface area contributed by atoms with Crippen molar-refractivity contribution in [3.8, 4) is 17.1 Å². The number of ether oxygens (including phenoxy) is 1. The molecular weight excluding hydrogens is 386 g/mol. The van der Waals surface area contributed by atoms with E-state index in [1.807, 2.05) is 0 Å². The first kappa shape index (κ1) is 19.7. The molecule has 0 aliphatic carbocycles. The van der Waals surface area contributed by atoms with Crippen LogP contribution >= 0.6 is 12.2 Å². The summed E-state index contributed by atoms with van der Waals surface area (Å²) in [7, 11) is 1.57. The summed E-state index contributed by atoms with van der Waals surface area (Å²) >= 11 is 5.22. The van der Waals surface area contributed by atoms with Crippen molar-refractivity contribution in [1.29, 1.82) is 0 Å². The Morgan fingerprint density at radius 2 is 2.00 bits per heavy atom. The van der Waals surface area contributed by atoms with Crippen molar-refractivity contribution in [3.63, 3.8) is 0 Å². The number of hydrogen-bond acceptors (Lipinski definition) is 4. The minimum atomic E-state index is -0.716. The molecule has 1 atom stereocenters. The van der Waals surface area contributed by atoms with Gasteiger partial charge in [0.1, 0.15) is 23.9 Å². The van der Waals surface area contributed by atoms with E-state index in [1.165, 1.54) is 6.07 Å². The van der Waals surface area contributed by atoms with Gasteiger partial charge >= 0.3 is 0 Å². The van der Waals surface area contributed by atoms with Gasteiger partial charge in [-0.15, -0.1) is 0 Å². The fourth-order valence-electron chi connectivity index (χ4n) is 2.79. The molecule has 28 heavy (non-hydrogen) atoms. The topological polar surface area (TPSA) is 71.9 Å². The summed E-state index contributed by atoms with van der Waals surface area (Å²) in [6.07, 6.45) is 0. The third kappa shape index (κ3) is 4.25. The number of rotatable bonds is 6. The molecule has 0 saturated carbocycles. The lowest BCUT2D eigenvalue weighted by Crippen LogP contribution is -2.30. The van der Waals surface area contributed by atoms with Crippen LogP contribution < -0.4 is 10.1 Å². The summed E-state index contributed by atoms with van der Waals surface area (Å²) < 4.78 is 33.9. The largest absolute Gasteiger partial charge is 0.497 e. The average molecular weight is 404 g/mol. The van der Waals surface area contributed by atoms with E-state index >= 15 is 0 Å².